The van der Waals surface area contributed by atoms with Crippen LogP contribution in [0.1, 0.15) is 22.9 Å². The normalized spacial score (nSPS) is 14.8. The van der Waals surface area contributed by atoms with Crippen molar-refractivity contribution in [2.24, 2.45) is 0 Å². The quantitative estimate of drug-likeness (QED) is 0.634. The third kappa shape index (κ3) is 5.55. The molecule has 0 spiro atoms. The minimum atomic E-state index is -0.865. The highest BCUT2D eigenvalue weighted by Gasteiger charge is 2.23. The first-order valence-corrected chi connectivity index (χ1v) is 10.4. The lowest BCUT2D eigenvalue weighted by Gasteiger charge is -2.34. The summed E-state index contributed by atoms with van der Waals surface area (Å²) in [4.78, 5) is 28.7. The summed E-state index contributed by atoms with van der Waals surface area (Å²) >= 11 is 0. The number of pyridine rings is 1. The van der Waals surface area contributed by atoms with Gasteiger partial charge in [0, 0.05) is 45.0 Å². The van der Waals surface area contributed by atoms with Crippen LogP contribution in [0, 0.1) is 5.82 Å². The van der Waals surface area contributed by atoms with E-state index >= 15 is 0 Å². The van der Waals surface area contributed by atoms with Gasteiger partial charge in [0.15, 0.2) is 0 Å². The van der Waals surface area contributed by atoms with E-state index in [1.807, 2.05) is 35.2 Å². The monoisotopic (exact) mass is 437 g/mol. The number of nitrogens with zero attached hydrogens (tertiary/aromatic N) is 5. The molecule has 1 aromatic carbocycles. The van der Waals surface area contributed by atoms with Crippen molar-refractivity contribution < 1.29 is 19.0 Å². The zero-order valence-corrected chi connectivity index (χ0v) is 17.5. The molecule has 0 radical (unpaired) electrons. The molecule has 4 rings (SSSR count). The van der Waals surface area contributed by atoms with Crippen LogP contribution in [0.25, 0.3) is 0 Å². The molecule has 166 valence electrons. The maximum absolute atomic E-state index is 13.0. The van der Waals surface area contributed by atoms with E-state index in [0.717, 1.165) is 17.3 Å². The number of piperazine rings is 1. The van der Waals surface area contributed by atoms with Crippen molar-refractivity contribution >= 4 is 12.0 Å². The molecule has 1 aliphatic heterocycles. The first-order valence-electron chi connectivity index (χ1n) is 10.4. The predicted octanol–water partition coefficient (Wildman–Crippen LogP) is 2.75. The molecule has 1 N–H and O–H groups in total. The number of rotatable bonds is 6. The Labute approximate surface area is 185 Å². The minimum Gasteiger partial charge on any atom is -0.445 e. The fourth-order valence-corrected chi connectivity index (χ4v) is 3.43. The molecular formula is C23H24FN5O3. The second kappa shape index (κ2) is 10.1. The largest absolute Gasteiger partial charge is 0.445 e. The Hall–Kier alpha value is -3.59. The molecule has 1 unspecified atom stereocenters. The van der Waals surface area contributed by atoms with E-state index in [0.29, 0.717) is 37.8 Å². The van der Waals surface area contributed by atoms with Gasteiger partial charge in [-0.15, -0.1) is 0 Å². The third-order valence-electron chi connectivity index (χ3n) is 5.24. The number of carbonyl (C=O) groups is 1. The lowest BCUT2D eigenvalue weighted by Crippen LogP contribution is -2.49. The highest BCUT2D eigenvalue weighted by molar-refractivity contribution is 5.68. The van der Waals surface area contributed by atoms with Crippen molar-refractivity contribution in [3.63, 3.8) is 0 Å². The van der Waals surface area contributed by atoms with Crippen LogP contribution in [0.15, 0.2) is 61.1 Å². The zero-order chi connectivity index (χ0) is 22.3. The molecule has 0 saturated carbocycles. The molecule has 0 bridgehead atoms. The van der Waals surface area contributed by atoms with Crippen LogP contribution in [0.3, 0.4) is 0 Å². The van der Waals surface area contributed by atoms with E-state index in [9.17, 15) is 14.3 Å². The van der Waals surface area contributed by atoms with Crippen molar-refractivity contribution in [1.29, 1.82) is 0 Å². The Morgan fingerprint density at radius 3 is 2.34 bits per heavy atom. The molecule has 3 aromatic rings. The Balaban J connectivity index is 1.25. The number of hydrogen-bond acceptors (Lipinski definition) is 7. The number of halogens is 1. The van der Waals surface area contributed by atoms with E-state index in [-0.39, 0.29) is 19.1 Å². The van der Waals surface area contributed by atoms with Crippen molar-refractivity contribution in [3.05, 3.63) is 83.7 Å². The van der Waals surface area contributed by atoms with Crippen molar-refractivity contribution in [1.82, 2.24) is 19.9 Å². The standard InChI is InChI=1S/C23H24FN5O3/c24-19-6-7-20(25-15-19)21(30)12-18-13-26-22(27-14-18)28-8-10-29(11-9-28)23(31)32-16-17-4-2-1-3-5-17/h1-7,13-15,21,30H,8-12,16H2. The van der Waals surface area contributed by atoms with Crippen molar-refractivity contribution in [2.45, 2.75) is 19.1 Å². The van der Waals surface area contributed by atoms with Gasteiger partial charge in [-0.25, -0.2) is 19.2 Å². The molecule has 32 heavy (non-hydrogen) atoms. The van der Waals surface area contributed by atoms with Gasteiger partial charge >= 0.3 is 6.09 Å². The summed E-state index contributed by atoms with van der Waals surface area (Å²) in [5.74, 6) is 0.124. The summed E-state index contributed by atoms with van der Waals surface area (Å²) in [5, 5.41) is 10.3. The van der Waals surface area contributed by atoms with Gasteiger partial charge in [0.05, 0.1) is 11.9 Å². The van der Waals surface area contributed by atoms with Crippen LogP contribution in [0.4, 0.5) is 15.1 Å². The number of hydrogen-bond donors (Lipinski definition) is 1. The topological polar surface area (TPSA) is 91.7 Å². The summed E-state index contributed by atoms with van der Waals surface area (Å²) in [6.45, 7) is 2.49. The van der Waals surface area contributed by atoms with Gasteiger partial charge in [0.25, 0.3) is 0 Å². The lowest BCUT2D eigenvalue weighted by atomic mass is 10.1. The van der Waals surface area contributed by atoms with Crippen molar-refractivity contribution in [2.75, 3.05) is 31.1 Å². The number of benzene rings is 1. The van der Waals surface area contributed by atoms with E-state index < -0.39 is 11.9 Å². The maximum atomic E-state index is 13.0. The van der Waals surface area contributed by atoms with Crippen molar-refractivity contribution in [3.8, 4) is 0 Å². The number of anilines is 1. The van der Waals surface area contributed by atoms with Gasteiger partial charge in [-0.2, -0.15) is 0 Å². The first-order chi connectivity index (χ1) is 15.6. The van der Waals surface area contributed by atoms with Crippen LogP contribution < -0.4 is 4.90 Å². The highest BCUT2D eigenvalue weighted by Crippen LogP contribution is 2.18. The Kier molecular flexibility index (Phi) is 6.86. The number of aliphatic hydroxyl groups is 1. The number of aromatic nitrogens is 3. The predicted molar refractivity (Wildman–Crippen MR) is 115 cm³/mol. The first kappa shape index (κ1) is 21.6. The number of ether oxygens (including phenoxy) is 1. The summed E-state index contributed by atoms with van der Waals surface area (Å²) in [5.41, 5.74) is 2.09. The van der Waals surface area contributed by atoms with Gasteiger partial charge in [-0.05, 0) is 23.3 Å². The van der Waals surface area contributed by atoms with E-state index in [4.69, 9.17) is 4.74 Å². The van der Waals surface area contributed by atoms with E-state index in [1.165, 1.54) is 12.1 Å². The van der Waals surface area contributed by atoms with Crippen LogP contribution in [0.2, 0.25) is 0 Å². The third-order valence-corrected chi connectivity index (χ3v) is 5.24. The summed E-state index contributed by atoms with van der Waals surface area (Å²) < 4.78 is 18.4. The van der Waals surface area contributed by atoms with Gasteiger partial charge in [0.1, 0.15) is 18.5 Å². The molecule has 2 aromatic heterocycles. The summed E-state index contributed by atoms with van der Waals surface area (Å²) in [7, 11) is 0. The zero-order valence-electron chi connectivity index (χ0n) is 17.5. The van der Waals surface area contributed by atoms with Crippen LogP contribution in [-0.2, 0) is 17.8 Å². The van der Waals surface area contributed by atoms with E-state index in [2.05, 4.69) is 15.0 Å². The summed E-state index contributed by atoms with van der Waals surface area (Å²) in [6, 6.07) is 12.3. The molecule has 9 heteroatoms. The molecule has 1 saturated heterocycles. The second-order valence-electron chi connectivity index (χ2n) is 7.53. The average molecular weight is 437 g/mol. The Morgan fingerprint density at radius 1 is 0.969 bits per heavy atom. The van der Waals surface area contributed by atoms with Gasteiger partial charge < -0.3 is 19.6 Å². The van der Waals surface area contributed by atoms with Crippen LogP contribution >= 0.6 is 0 Å². The van der Waals surface area contributed by atoms with Crippen LogP contribution in [0.5, 0.6) is 0 Å². The molecular weight excluding hydrogens is 413 g/mol. The highest BCUT2D eigenvalue weighted by atomic mass is 19.1. The molecule has 8 nitrogen and oxygen atoms in total. The molecule has 1 atom stereocenters. The molecule has 1 aliphatic rings. The Bertz CT molecular complexity index is 1010. The van der Waals surface area contributed by atoms with E-state index in [1.54, 1.807) is 17.3 Å². The minimum absolute atomic E-state index is 0.254. The average Bonchev–Trinajstić information content (AvgIpc) is 2.84. The lowest BCUT2D eigenvalue weighted by molar-refractivity contribution is 0.0941. The van der Waals surface area contributed by atoms with Crippen LogP contribution in [-0.4, -0.2) is 57.2 Å². The summed E-state index contributed by atoms with van der Waals surface area (Å²) in [6.07, 6.45) is 3.49. The molecule has 0 aliphatic carbocycles. The number of aliphatic hydroxyl groups excluding tert-OH is 1. The Morgan fingerprint density at radius 2 is 1.69 bits per heavy atom. The van der Waals surface area contributed by atoms with Gasteiger partial charge in [-0.1, -0.05) is 30.3 Å². The second-order valence-corrected chi connectivity index (χ2v) is 7.53. The fraction of sp³-hybridized carbons (Fsp3) is 0.304. The maximum Gasteiger partial charge on any atom is 0.410 e. The smallest absolute Gasteiger partial charge is 0.410 e. The number of carbonyl (C=O) groups excluding carboxylic acids is 1. The van der Waals surface area contributed by atoms with Gasteiger partial charge in [-0.3, -0.25) is 4.98 Å². The SMILES string of the molecule is O=C(OCc1ccccc1)N1CCN(c2ncc(CC(O)c3ccc(F)cn3)cn2)CC1. The number of amides is 1. The molecule has 1 amide bonds. The fourth-order valence-electron chi connectivity index (χ4n) is 3.43. The molecule has 3 heterocycles. The van der Waals surface area contributed by atoms with Gasteiger partial charge in [0.2, 0.25) is 5.95 Å². The molecule has 1 fully saturated rings.